The van der Waals surface area contributed by atoms with Crippen molar-refractivity contribution >= 4 is 28.3 Å². The predicted molar refractivity (Wildman–Crippen MR) is 96.4 cm³/mol. The van der Waals surface area contributed by atoms with Crippen molar-refractivity contribution in [3.8, 4) is 0 Å². The first-order valence-corrected chi connectivity index (χ1v) is 9.46. The van der Waals surface area contributed by atoms with Crippen molar-refractivity contribution in [2.45, 2.75) is 37.6 Å². The number of benzene rings is 1. The standard InChI is InChI=1S/C16H25N3O3S.ClH/c1-13(11-17)16(20)18-12-14-7-3-4-8-15(14)23(21,22)19-9-5-2-6-10-19;/h3-4,7-8,13H,2,5-6,9-12,17H2,1H3,(H,18,20);1H. The van der Waals surface area contributed by atoms with Crippen molar-refractivity contribution < 1.29 is 13.2 Å². The highest BCUT2D eigenvalue weighted by Gasteiger charge is 2.27. The van der Waals surface area contributed by atoms with E-state index in [9.17, 15) is 13.2 Å². The minimum atomic E-state index is -3.51. The molecule has 1 unspecified atom stereocenters. The molecule has 1 atom stereocenters. The molecule has 1 aromatic carbocycles. The number of nitrogens with zero attached hydrogens (tertiary/aromatic N) is 1. The number of carbonyl (C=O) groups is 1. The van der Waals surface area contributed by atoms with E-state index in [2.05, 4.69) is 5.32 Å². The number of nitrogens with two attached hydrogens (primary N) is 1. The second-order valence-corrected chi connectivity index (χ2v) is 7.83. The van der Waals surface area contributed by atoms with E-state index >= 15 is 0 Å². The number of sulfonamides is 1. The molecular formula is C16H26ClN3O3S. The van der Waals surface area contributed by atoms with Crippen LogP contribution in [0.15, 0.2) is 29.2 Å². The quantitative estimate of drug-likeness (QED) is 0.787. The molecule has 1 saturated heterocycles. The molecule has 0 radical (unpaired) electrons. The van der Waals surface area contributed by atoms with Crippen molar-refractivity contribution in [1.82, 2.24) is 9.62 Å². The number of hydrogen-bond acceptors (Lipinski definition) is 4. The van der Waals surface area contributed by atoms with Gasteiger partial charge < -0.3 is 11.1 Å². The minimum absolute atomic E-state index is 0. The van der Waals surface area contributed by atoms with Gasteiger partial charge in [0.25, 0.3) is 0 Å². The molecule has 6 nitrogen and oxygen atoms in total. The van der Waals surface area contributed by atoms with Gasteiger partial charge in [0.05, 0.1) is 4.90 Å². The minimum Gasteiger partial charge on any atom is -0.352 e. The van der Waals surface area contributed by atoms with E-state index in [0.717, 1.165) is 19.3 Å². The summed E-state index contributed by atoms with van der Waals surface area (Å²) in [4.78, 5) is 12.1. The third-order valence-corrected chi connectivity index (χ3v) is 6.16. The fourth-order valence-corrected chi connectivity index (χ4v) is 4.35. The molecule has 0 spiro atoms. The number of amides is 1. The Bertz CT molecular complexity index is 646. The zero-order valence-corrected chi connectivity index (χ0v) is 15.5. The van der Waals surface area contributed by atoms with Crippen LogP contribution < -0.4 is 11.1 Å². The number of carbonyl (C=O) groups excluding carboxylic acids is 1. The second-order valence-electron chi connectivity index (χ2n) is 5.93. The molecule has 1 aliphatic heterocycles. The Morgan fingerprint density at radius 1 is 1.25 bits per heavy atom. The zero-order chi connectivity index (χ0) is 16.9. The Morgan fingerprint density at radius 2 is 1.88 bits per heavy atom. The van der Waals surface area contributed by atoms with Crippen LogP contribution in [0.25, 0.3) is 0 Å². The first kappa shape index (κ1) is 20.9. The SMILES string of the molecule is CC(CN)C(=O)NCc1ccccc1S(=O)(=O)N1CCCCC1.Cl. The van der Waals surface area contributed by atoms with E-state index in [1.165, 1.54) is 0 Å². The molecule has 8 heteroatoms. The van der Waals surface area contributed by atoms with Gasteiger partial charge in [-0.3, -0.25) is 4.79 Å². The zero-order valence-electron chi connectivity index (χ0n) is 13.9. The van der Waals surface area contributed by atoms with Crippen molar-refractivity contribution in [2.24, 2.45) is 11.7 Å². The van der Waals surface area contributed by atoms with Gasteiger partial charge in [0.1, 0.15) is 0 Å². The number of nitrogens with one attached hydrogen (secondary N) is 1. The van der Waals surface area contributed by atoms with Crippen molar-refractivity contribution in [3.63, 3.8) is 0 Å². The topological polar surface area (TPSA) is 92.5 Å². The van der Waals surface area contributed by atoms with Gasteiger partial charge in [0.15, 0.2) is 0 Å². The van der Waals surface area contributed by atoms with Gasteiger partial charge in [-0.2, -0.15) is 4.31 Å². The van der Waals surface area contributed by atoms with Crippen LogP contribution in [-0.4, -0.2) is 38.3 Å². The van der Waals surface area contributed by atoms with Gasteiger partial charge in [-0.15, -0.1) is 12.4 Å². The molecule has 1 aromatic rings. The van der Waals surface area contributed by atoms with Crippen LogP contribution in [0.4, 0.5) is 0 Å². The molecule has 136 valence electrons. The average molecular weight is 376 g/mol. The van der Waals surface area contributed by atoms with Gasteiger partial charge >= 0.3 is 0 Å². The van der Waals surface area contributed by atoms with Crippen LogP contribution in [0.2, 0.25) is 0 Å². The van der Waals surface area contributed by atoms with E-state index in [4.69, 9.17) is 5.73 Å². The van der Waals surface area contributed by atoms with Gasteiger partial charge in [-0.1, -0.05) is 31.5 Å². The number of rotatable bonds is 6. The van der Waals surface area contributed by atoms with E-state index in [0.29, 0.717) is 18.7 Å². The lowest BCUT2D eigenvalue weighted by atomic mass is 10.1. The molecule has 3 N–H and O–H groups in total. The number of hydrogen-bond donors (Lipinski definition) is 2. The second kappa shape index (κ2) is 9.36. The van der Waals surface area contributed by atoms with Crippen LogP contribution >= 0.6 is 12.4 Å². The first-order valence-electron chi connectivity index (χ1n) is 8.02. The fourth-order valence-electron chi connectivity index (χ4n) is 2.61. The maximum Gasteiger partial charge on any atom is 0.243 e. The maximum absolute atomic E-state index is 12.8. The smallest absolute Gasteiger partial charge is 0.243 e. The van der Waals surface area contributed by atoms with Crippen LogP contribution in [0.3, 0.4) is 0 Å². The first-order chi connectivity index (χ1) is 11.0. The summed E-state index contributed by atoms with van der Waals surface area (Å²) >= 11 is 0. The van der Waals surface area contributed by atoms with Crippen molar-refractivity contribution in [3.05, 3.63) is 29.8 Å². The van der Waals surface area contributed by atoms with Crippen molar-refractivity contribution in [1.29, 1.82) is 0 Å². The maximum atomic E-state index is 12.8. The van der Waals surface area contributed by atoms with E-state index < -0.39 is 10.0 Å². The van der Waals surface area contributed by atoms with Crippen LogP contribution in [-0.2, 0) is 21.4 Å². The van der Waals surface area contributed by atoms with E-state index in [-0.39, 0.29) is 42.2 Å². The van der Waals surface area contributed by atoms with Crippen LogP contribution in [0.5, 0.6) is 0 Å². The summed E-state index contributed by atoms with van der Waals surface area (Å²) in [6.07, 6.45) is 2.86. The molecule has 0 aromatic heterocycles. The molecule has 0 aliphatic carbocycles. The summed E-state index contributed by atoms with van der Waals surface area (Å²) in [6.45, 7) is 3.32. The Hall–Kier alpha value is -1.15. The van der Waals surface area contributed by atoms with Gasteiger partial charge in [-0.25, -0.2) is 8.42 Å². The lowest BCUT2D eigenvalue weighted by Gasteiger charge is -2.27. The monoisotopic (exact) mass is 375 g/mol. The summed E-state index contributed by atoms with van der Waals surface area (Å²) < 4.78 is 27.2. The highest BCUT2D eigenvalue weighted by Crippen LogP contribution is 2.23. The lowest BCUT2D eigenvalue weighted by Crippen LogP contribution is -2.37. The molecule has 0 saturated carbocycles. The summed E-state index contributed by atoms with van der Waals surface area (Å²) in [6, 6.07) is 6.84. The molecule has 1 fully saturated rings. The fraction of sp³-hybridized carbons (Fsp3) is 0.562. The van der Waals surface area contributed by atoms with E-state index in [1.807, 2.05) is 0 Å². The number of halogens is 1. The van der Waals surface area contributed by atoms with E-state index in [1.54, 1.807) is 35.5 Å². The van der Waals surface area contributed by atoms with Gasteiger partial charge in [0.2, 0.25) is 15.9 Å². The predicted octanol–water partition coefficient (Wildman–Crippen LogP) is 1.49. The average Bonchev–Trinajstić information content (AvgIpc) is 2.59. The highest BCUT2D eigenvalue weighted by atomic mass is 35.5. The van der Waals surface area contributed by atoms with Crippen molar-refractivity contribution in [2.75, 3.05) is 19.6 Å². The van der Waals surface area contributed by atoms with Crippen LogP contribution in [0.1, 0.15) is 31.7 Å². The molecule has 24 heavy (non-hydrogen) atoms. The lowest BCUT2D eigenvalue weighted by molar-refractivity contribution is -0.124. The molecule has 0 bridgehead atoms. The third-order valence-electron chi connectivity index (χ3n) is 4.16. The Balaban J connectivity index is 0.00000288. The number of piperidine rings is 1. The molecule has 2 rings (SSSR count). The summed E-state index contributed by atoms with van der Waals surface area (Å²) in [5.41, 5.74) is 6.08. The van der Waals surface area contributed by atoms with Gasteiger partial charge in [0, 0.05) is 32.1 Å². The summed E-state index contributed by atoms with van der Waals surface area (Å²) in [7, 11) is -3.51. The third kappa shape index (κ3) is 4.92. The molecule has 1 heterocycles. The largest absolute Gasteiger partial charge is 0.352 e. The molecule has 1 aliphatic rings. The Morgan fingerprint density at radius 3 is 2.50 bits per heavy atom. The summed E-state index contributed by atoms with van der Waals surface area (Å²) in [5, 5.41) is 2.76. The summed E-state index contributed by atoms with van der Waals surface area (Å²) in [5.74, 6) is -0.460. The molecule has 1 amide bonds. The van der Waals surface area contributed by atoms with Crippen LogP contribution in [0, 0.1) is 5.92 Å². The van der Waals surface area contributed by atoms with Gasteiger partial charge in [-0.05, 0) is 24.5 Å². The Kier molecular flexibility index (Phi) is 8.15. The Labute approximate surface area is 150 Å². The normalized spacial score (nSPS) is 16.9. The molecular weight excluding hydrogens is 350 g/mol. The highest BCUT2D eigenvalue weighted by molar-refractivity contribution is 7.89.